The molecule has 4 heteroatoms. The maximum Gasteiger partial charge on any atom is 0.234 e. The number of carbonyl (C=O) groups excluding carboxylic acids is 1. The van der Waals surface area contributed by atoms with Crippen molar-refractivity contribution in [2.24, 2.45) is 10.9 Å². The molecule has 1 aliphatic carbocycles. The summed E-state index contributed by atoms with van der Waals surface area (Å²) in [5.41, 5.74) is 0. The zero-order valence-corrected chi connectivity index (χ0v) is 10.6. The number of hydrogen-bond donors (Lipinski definition) is 0. The molecule has 0 bridgehead atoms. The van der Waals surface area contributed by atoms with Gasteiger partial charge in [0, 0.05) is 4.91 Å². The molecule has 0 saturated carbocycles. The van der Waals surface area contributed by atoms with Crippen molar-refractivity contribution in [3.8, 4) is 0 Å². The van der Waals surface area contributed by atoms with Crippen molar-refractivity contribution in [1.82, 2.24) is 4.90 Å². The zero-order valence-electron chi connectivity index (χ0n) is 9.76. The fraction of sp³-hybridized carbons (Fsp3) is 0.538. The summed E-state index contributed by atoms with van der Waals surface area (Å²) in [6.45, 7) is 4.60. The maximum absolute atomic E-state index is 12.4. The van der Waals surface area contributed by atoms with Crippen LogP contribution in [0.15, 0.2) is 28.6 Å². The van der Waals surface area contributed by atoms with Crippen LogP contribution in [0.3, 0.4) is 0 Å². The molecular formula is C13H16N2OS. The summed E-state index contributed by atoms with van der Waals surface area (Å²) in [5.74, 6) is 0.358. The van der Waals surface area contributed by atoms with Crippen LogP contribution in [-0.4, -0.2) is 28.6 Å². The van der Waals surface area contributed by atoms with Crippen molar-refractivity contribution in [1.29, 1.82) is 0 Å². The summed E-state index contributed by atoms with van der Waals surface area (Å²) in [6.07, 6.45) is 8.38. The normalized spacial score (nSPS) is 34.6. The summed E-state index contributed by atoms with van der Waals surface area (Å²) < 4.78 is 0. The Morgan fingerprint density at radius 1 is 1.35 bits per heavy atom. The number of fused-ring (bicyclic) bond motifs is 2. The fourth-order valence-corrected chi connectivity index (χ4v) is 3.59. The van der Waals surface area contributed by atoms with Crippen LogP contribution in [-0.2, 0) is 4.79 Å². The van der Waals surface area contributed by atoms with Crippen molar-refractivity contribution >= 4 is 22.8 Å². The zero-order chi connectivity index (χ0) is 11.8. The van der Waals surface area contributed by atoms with Gasteiger partial charge in [0.2, 0.25) is 5.91 Å². The predicted molar refractivity (Wildman–Crippen MR) is 70.8 cm³/mol. The minimum Gasteiger partial charge on any atom is -0.286 e. The van der Waals surface area contributed by atoms with E-state index >= 15 is 0 Å². The van der Waals surface area contributed by atoms with Crippen molar-refractivity contribution in [3.63, 3.8) is 0 Å². The van der Waals surface area contributed by atoms with E-state index in [2.05, 4.69) is 18.7 Å². The highest BCUT2D eigenvalue weighted by molar-refractivity contribution is 8.17. The maximum atomic E-state index is 12.4. The summed E-state index contributed by atoms with van der Waals surface area (Å²) in [5, 5.41) is 0.880. The molecule has 3 nitrogen and oxygen atoms in total. The molecule has 2 aliphatic heterocycles. The molecule has 3 rings (SSSR count). The van der Waals surface area contributed by atoms with Crippen molar-refractivity contribution < 1.29 is 4.79 Å². The van der Waals surface area contributed by atoms with E-state index in [0.29, 0.717) is 6.54 Å². The van der Waals surface area contributed by atoms with Crippen LogP contribution < -0.4 is 0 Å². The van der Waals surface area contributed by atoms with E-state index in [0.717, 1.165) is 35.8 Å². The Kier molecular flexibility index (Phi) is 2.82. The molecule has 1 saturated heterocycles. The molecule has 0 radical (unpaired) electrons. The van der Waals surface area contributed by atoms with E-state index in [-0.39, 0.29) is 17.9 Å². The smallest absolute Gasteiger partial charge is 0.234 e. The van der Waals surface area contributed by atoms with Crippen molar-refractivity contribution in [2.75, 3.05) is 6.54 Å². The molecule has 0 aromatic heterocycles. The third kappa shape index (κ3) is 1.95. The molecule has 1 fully saturated rings. The molecule has 0 N–H and O–H groups in total. The SMILES string of the molecule is C=C1CN2C(=O)[C@H]3CC/C=C\CC[C@H]3N=C2S1. The van der Waals surface area contributed by atoms with Gasteiger partial charge in [0.1, 0.15) is 0 Å². The molecule has 2 atom stereocenters. The first-order valence-electron chi connectivity index (χ1n) is 6.15. The van der Waals surface area contributed by atoms with E-state index in [1.165, 1.54) is 0 Å². The van der Waals surface area contributed by atoms with Gasteiger partial charge in [0.05, 0.1) is 18.5 Å². The number of amidine groups is 1. The number of carbonyl (C=O) groups is 1. The van der Waals surface area contributed by atoms with Gasteiger partial charge in [0.25, 0.3) is 0 Å². The highest BCUT2D eigenvalue weighted by Gasteiger charge is 2.41. The molecule has 0 spiro atoms. The van der Waals surface area contributed by atoms with Gasteiger partial charge in [0.15, 0.2) is 5.17 Å². The topological polar surface area (TPSA) is 32.7 Å². The first kappa shape index (κ1) is 11.1. The van der Waals surface area contributed by atoms with Crippen molar-refractivity contribution in [3.05, 3.63) is 23.6 Å². The second-order valence-electron chi connectivity index (χ2n) is 4.78. The molecule has 0 unspecified atom stereocenters. The Labute approximate surface area is 106 Å². The Hall–Kier alpha value is -1.03. The van der Waals surface area contributed by atoms with Gasteiger partial charge in [-0.1, -0.05) is 30.5 Å². The van der Waals surface area contributed by atoms with Gasteiger partial charge in [-0.2, -0.15) is 0 Å². The fourth-order valence-electron chi connectivity index (χ4n) is 2.69. The van der Waals surface area contributed by atoms with Gasteiger partial charge in [-0.15, -0.1) is 0 Å². The second-order valence-corrected chi connectivity index (χ2v) is 5.92. The molecule has 17 heavy (non-hydrogen) atoms. The number of rotatable bonds is 0. The minimum absolute atomic E-state index is 0.0928. The van der Waals surface area contributed by atoms with Gasteiger partial charge in [-0.3, -0.25) is 14.7 Å². The summed E-state index contributed by atoms with van der Waals surface area (Å²) in [4.78, 5) is 20.0. The Morgan fingerprint density at radius 3 is 2.94 bits per heavy atom. The van der Waals surface area contributed by atoms with E-state index in [1.54, 1.807) is 11.8 Å². The largest absolute Gasteiger partial charge is 0.286 e. The Balaban J connectivity index is 1.91. The number of allylic oxidation sites excluding steroid dienone is 2. The van der Waals surface area contributed by atoms with Crippen LogP contribution in [0.4, 0.5) is 0 Å². The first-order chi connectivity index (χ1) is 8.25. The standard InChI is InChI=1S/C13H16N2OS/c1-9-8-15-12(16)10-6-4-2-3-5-7-11(10)14-13(15)17-9/h2-3,10-11H,1,4-8H2/b3-2-/t10-,11+/m0/s1. The molecule has 0 aromatic rings. The van der Waals surface area contributed by atoms with Gasteiger partial charge in [-0.05, 0) is 25.7 Å². The lowest BCUT2D eigenvalue weighted by molar-refractivity contribution is -0.132. The molecular weight excluding hydrogens is 232 g/mol. The highest BCUT2D eigenvalue weighted by atomic mass is 32.2. The Morgan fingerprint density at radius 2 is 2.12 bits per heavy atom. The second kappa shape index (κ2) is 4.33. The quantitative estimate of drug-likeness (QED) is 0.617. The van der Waals surface area contributed by atoms with E-state index < -0.39 is 0 Å². The molecule has 1 amide bonds. The molecule has 2 heterocycles. The van der Waals surface area contributed by atoms with E-state index in [1.807, 2.05) is 4.90 Å². The summed E-state index contributed by atoms with van der Waals surface area (Å²) in [7, 11) is 0. The van der Waals surface area contributed by atoms with Crippen LogP contribution >= 0.6 is 11.8 Å². The predicted octanol–water partition coefficient (Wildman–Crippen LogP) is 2.56. The summed E-state index contributed by atoms with van der Waals surface area (Å²) in [6, 6.07) is 0.192. The van der Waals surface area contributed by atoms with Gasteiger partial charge >= 0.3 is 0 Å². The third-order valence-corrected chi connectivity index (χ3v) is 4.49. The lowest BCUT2D eigenvalue weighted by atomic mass is 9.87. The van der Waals surface area contributed by atoms with Crippen LogP contribution in [0.5, 0.6) is 0 Å². The molecule has 3 aliphatic rings. The number of amides is 1. The third-order valence-electron chi connectivity index (χ3n) is 3.57. The van der Waals surface area contributed by atoms with Gasteiger partial charge in [-0.25, -0.2) is 0 Å². The van der Waals surface area contributed by atoms with Gasteiger partial charge < -0.3 is 0 Å². The number of hydrogen-bond acceptors (Lipinski definition) is 3. The van der Waals surface area contributed by atoms with Crippen LogP contribution in [0.25, 0.3) is 0 Å². The lowest BCUT2D eigenvalue weighted by Gasteiger charge is -2.33. The lowest BCUT2D eigenvalue weighted by Crippen LogP contribution is -2.45. The molecule has 90 valence electrons. The van der Waals surface area contributed by atoms with Crippen LogP contribution in [0.2, 0.25) is 0 Å². The number of thioether (sulfide) groups is 1. The monoisotopic (exact) mass is 248 g/mol. The minimum atomic E-state index is 0.0928. The first-order valence-corrected chi connectivity index (χ1v) is 6.97. The van der Waals surface area contributed by atoms with E-state index in [4.69, 9.17) is 4.99 Å². The van der Waals surface area contributed by atoms with Crippen LogP contribution in [0.1, 0.15) is 25.7 Å². The summed E-state index contributed by atoms with van der Waals surface area (Å²) >= 11 is 1.56. The average molecular weight is 248 g/mol. The van der Waals surface area contributed by atoms with Crippen molar-refractivity contribution in [2.45, 2.75) is 31.7 Å². The number of nitrogens with zero attached hydrogens (tertiary/aromatic N) is 2. The number of aliphatic imine (C=N–C) groups is 1. The van der Waals surface area contributed by atoms with Crippen LogP contribution in [0, 0.1) is 5.92 Å². The average Bonchev–Trinajstić information content (AvgIpc) is 2.62. The Bertz CT molecular complexity index is 427. The van der Waals surface area contributed by atoms with E-state index in [9.17, 15) is 4.79 Å². The highest BCUT2D eigenvalue weighted by Crippen LogP contribution is 2.37. The molecule has 0 aromatic carbocycles.